The molecule has 1 aromatic rings. The summed E-state index contributed by atoms with van der Waals surface area (Å²) in [5.41, 5.74) is 1.52. The van der Waals surface area contributed by atoms with E-state index in [-0.39, 0.29) is 18.2 Å². The first-order chi connectivity index (χ1) is 10.4. The van der Waals surface area contributed by atoms with Crippen LogP contribution in [0.3, 0.4) is 0 Å². The highest BCUT2D eigenvalue weighted by Gasteiger charge is 2.07. The van der Waals surface area contributed by atoms with Gasteiger partial charge in [0.2, 0.25) is 5.91 Å². The van der Waals surface area contributed by atoms with Gasteiger partial charge in [-0.05, 0) is 30.5 Å². The number of carbonyl (C=O) groups excluding carboxylic acids is 2. The minimum atomic E-state index is -0.840. The molecule has 0 heterocycles. The van der Waals surface area contributed by atoms with Gasteiger partial charge in [-0.3, -0.25) is 14.4 Å². The molecule has 22 heavy (non-hydrogen) atoms. The fourth-order valence-corrected chi connectivity index (χ4v) is 1.87. The Morgan fingerprint density at radius 1 is 1.05 bits per heavy atom. The van der Waals surface area contributed by atoms with Crippen LogP contribution in [0.15, 0.2) is 24.3 Å². The Balaban J connectivity index is 2.34. The molecule has 0 aliphatic heterocycles. The number of amides is 2. The first-order valence-corrected chi connectivity index (χ1v) is 7.19. The van der Waals surface area contributed by atoms with Crippen molar-refractivity contribution in [1.29, 1.82) is 0 Å². The largest absolute Gasteiger partial charge is 0.481 e. The van der Waals surface area contributed by atoms with Gasteiger partial charge in [0, 0.05) is 39.0 Å². The van der Waals surface area contributed by atoms with E-state index in [1.54, 1.807) is 38.4 Å². The molecule has 2 N–H and O–H groups in total. The summed E-state index contributed by atoms with van der Waals surface area (Å²) in [7, 11) is 3.39. The van der Waals surface area contributed by atoms with Crippen molar-refractivity contribution < 1.29 is 19.5 Å². The number of nitrogens with one attached hydrogen (secondary N) is 1. The van der Waals surface area contributed by atoms with E-state index in [1.165, 1.54) is 4.90 Å². The fraction of sp³-hybridized carbons (Fsp3) is 0.438. The highest BCUT2D eigenvalue weighted by Crippen LogP contribution is 2.07. The maximum atomic E-state index is 11.7. The van der Waals surface area contributed by atoms with Crippen molar-refractivity contribution in [2.75, 3.05) is 14.1 Å². The van der Waals surface area contributed by atoms with Crippen molar-refractivity contribution >= 4 is 17.8 Å². The molecule has 0 fully saturated rings. The summed E-state index contributed by atoms with van der Waals surface area (Å²) in [6, 6.07) is 7.08. The summed E-state index contributed by atoms with van der Waals surface area (Å²) >= 11 is 0. The number of hydrogen-bond acceptors (Lipinski definition) is 3. The van der Waals surface area contributed by atoms with Gasteiger partial charge in [0.05, 0.1) is 0 Å². The number of hydrogen-bond donors (Lipinski definition) is 2. The number of aliphatic carboxylic acids is 1. The van der Waals surface area contributed by atoms with E-state index >= 15 is 0 Å². The second-order valence-corrected chi connectivity index (χ2v) is 5.27. The number of nitrogens with zero attached hydrogens (tertiary/aromatic N) is 1. The van der Waals surface area contributed by atoms with Gasteiger partial charge in [-0.25, -0.2) is 0 Å². The van der Waals surface area contributed by atoms with Gasteiger partial charge in [0.1, 0.15) is 0 Å². The first-order valence-electron chi connectivity index (χ1n) is 7.19. The summed E-state index contributed by atoms with van der Waals surface area (Å²) in [6.45, 7) is 0.397. The van der Waals surface area contributed by atoms with Crippen LogP contribution in [0.25, 0.3) is 0 Å². The number of rotatable bonds is 8. The van der Waals surface area contributed by atoms with Crippen LogP contribution < -0.4 is 5.32 Å². The molecule has 1 aromatic carbocycles. The molecule has 0 atom stereocenters. The zero-order chi connectivity index (χ0) is 16.5. The molecule has 120 valence electrons. The van der Waals surface area contributed by atoms with E-state index in [0.717, 1.165) is 5.56 Å². The smallest absolute Gasteiger partial charge is 0.303 e. The average Bonchev–Trinajstić information content (AvgIpc) is 2.49. The van der Waals surface area contributed by atoms with E-state index in [0.29, 0.717) is 31.4 Å². The molecule has 0 aliphatic carbocycles. The van der Waals surface area contributed by atoms with Gasteiger partial charge in [-0.1, -0.05) is 12.1 Å². The maximum absolute atomic E-state index is 11.7. The Labute approximate surface area is 130 Å². The average molecular weight is 306 g/mol. The molecule has 0 radical (unpaired) electrons. The molecule has 0 saturated heterocycles. The molecule has 0 saturated carbocycles. The molecule has 0 aromatic heterocycles. The topological polar surface area (TPSA) is 86.7 Å². The number of carboxylic acid groups (broad SMARTS) is 1. The van der Waals surface area contributed by atoms with E-state index in [1.807, 2.05) is 0 Å². The fourth-order valence-electron chi connectivity index (χ4n) is 1.87. The Morgan fingerprint density at radius 3 is 2.18 bits per heavy atom. The summed E-state index contributed by atoms with van der Waals surface area (Å²) < 4.78 is 0. The van der Waals surface area contributed by atoms with E-state index < -0.39 is 5.97 Å². The van der Waals surface area contributed by atoms with Gasteiger partial charge in [-0.2, -0.15) is 0 Å². The molecule has 0 bridgehead atoms. The zero-order valence-corrected chi connectivity index (χ0v) is 13.0. The number of carbonyl (C=O) groups is 3. The third kappa shape index (κ3) is 6.39. The summed E-state index contributed by atoms with van der Waals surface area (Å²) in [5.74, 6) is -0.999. The third-order valence-corrected chi connectivity index (χ3v) is 3.14. The van der Waals surface area contributed by atoms with Crippen molar-refractivity contribution in [2.45, 2.75) is 32.2 Å². The highest BCUT2D eigenvalue weighted by atomic mass is 16.4. The van der Waals surface area contributed by atoms with Gasteiger partial charge in [-0.15, -0.1) is 0 Å². The van der Waals surface area contributed by atoms with E-state index in [2.05, 4.69) is 5.32 Å². The first kappa shape index (κ1) is 17.7. The third-order valence-electron chi connectivity index (χ3n) is 3.14. The molecule has 6 nitrogen and oxygen atoms in total. The quantitative estimate of drug-likeness (QED) is 0.715. The van der Waals surface area contributed by atoms with Crippen LogP contribution in [-0.4, -0.2) is 41.9 Å². The predicted octanol–water partition coefficient (Wildman–Crippen LogP) is 1.65. The van der Waals surface area contributed by atoms with Crippen molar-refractivity contribution in [1.82, 2.24) is 10.2 Å². The normalized spacial score (nSPS) is 10.1. The second kappa shape index (κ2) is 8.81. The Morgan fingerprint density at radius 2 is 1.64 bits per heavy atom. The van der Waals surface area contributed by atoms with Gasteiger partial charge in [0.25, 0.3) is 5.91 Å². The lowest BCUT2D eigenvalue weighted by atomic mass is 10.1. The number of carboxylic acids is 1. The van der Waals surface area contributed by atoms with Crippen LogP contribution in [-0.2, 0) is 16.1 Å². The van der Waals surface area contributed by atoms with Gasteiger partial charge >= 0.3 is 5.97 Å². The standard InChI is InChI=1S/C16H22N2O4/c1-18(2)16(22)13-9-7-12(8-10-13)11-17-14(19)5-3-4-6-15(20)21/h7-10H,3-6,11H2,1-2H3,(H,17,19)(H,20,21). The molecule has 0 unspecified atom stereocenters. The number of unbranched alkanes of at least 4 members (excludes halogenated alkanes) is 1. The van der Waals surface area contributed by atoms with Gasteiger partial charge in [0.15, 0.2) is 0 Å². The minimum Gasteiger partial charge on any atom is -0.481 e. The summed E-state index contributed by atoms with van der Waals surface area (Å²) in [5, 5.41) is 11.3. The molecule has 0 aliphatic rings. The lowest BCUT2D eigenvalue weighted by molar-refractivity contribution is -0.137. The Kier molecular flexibility index (Phi) is 7.08. The molecule has 0 spiro atoms. The van der Waals surface area contributed by atoms with Crippen molar-refractivity contribution in [3.63, 3.8) is 0 Å². The Hall–Kier alpha value is -2.37. The molecule has 2 amide bonds. The molecular formula is C16H22N2O4. The molecule has 6 heteroatoms. The summed E-state index contributed by atoms with van der Waals surface area (Å²) in [4.78, 5) is 35.2. The van der Waals surface area contributed by atoms with Crippen LogP contribution in [0.2, 0.25) is 0 Å². The van der Waals surface area contributed by atoms with Crippen molar-refractivity contribution in [3.05, 3.63) is 35.4 Å². The van der Waals surface area contributed by atoms with Crippen LogP contribution >= 0.6 is 0 Å². The van der Waals surface area contributed by atoms with Crippen LogP contribution in [0.5, 0.6) is 0 Å². The van der Waals surface area contributed by atoms with E-state index in [4.69, 9.17) is 5.11 Å². The Bertz CT molecular complexity index is 523. The molecule has 1 rings (SSSR count). The summed E-state index contributed by atoms with van der Waals surface area (Å²) in [6.07, 6.45) is 1.48. The van der Waals surface area contributed by atoms with Gasteiger partial charge < -0.3 is 15.3 Å². The van der Waals surface area contributed by atoms with Crippen LogP contribution in [0.1, 0.15) is 41.6 Å². The second-order valence-electron chi connectivity index (χ2n) is 5.27. The van der Waals surface area contributed by atoms with Crippen molar-refractivity contribution in [2.24, 2.45) is 0 Å². The monoisotopic (exact) mass is 306 g/mol. The van der Waals surface area contributed by atoms with Crippen LogP contribution in [0, 0.1) is 0 Å². The minimum absolute atomic E-state index is 0.0611. The maximum Gasteiger partial charge on any atom is 0.303 e. The SMILES string of the molecule is CN(C)C(=O)c1ccc(CNC(=O)CCCCC(=O)O)cc1. The van der Waals surface area contributed by atoms with Crippen LogP contribution in [0.4, 0.5) is 0 Å². The lowest BCUT2D eigenvalue weighted by Crippen LogP contribution is -2.23. The molecular weight excluding hydrogens is 284 g/mol. The van der Waals surface area contributed by atoms with E-state index in [9.17, 15) is 14.4 Å². The number of benzene rings is 1. The highest BCUT2D eigenvalue weighted by molar-refractivity contribution is 5.93. The zero-order valence-electron chi connectivity index (χ0n) is 13.0. The van der Waals surface area contributed by atoms with Crippen molar-refractivity contribution in [3.8, 4) is 0 Å². The lowest BCUT2D eigenvalue weighted by Gasteiger charge is -2.11. The predicted molar refractivity (Wildman–Crippen MR) is 82.4 cm³/mol.